The molecule has 1 unspecified atom stereocenters. The van der Waals surface area contributed by atoms with Crippen molar-refractivity contribution in [1.29, 1.82) is 0 Å². The quantitative estimate of drug-likeness (QED) is 0.575. The molecule has 4 heterocycles. The summed E-state index contributed by atoms with van der Waals surface area (Å²) in [5, 5.41) is 4.17. The number of alkyl halides is 3. The molecular weight excluding hydrogens is 459 g/mol. The van der Waals surface area contributed by atoms with Crippen molar-refractivity contribution in [3.05, 3.63) is 66.0 Å². The molecular formula is C24H26F3N7O. The zero-order valence-corrected chi connectivity index (χ0v) is 19.2. The Kier molecular flexibility index (Phi) is 6.44. The second-order valence-electron chi connectivity index (χ2n) is 8.62. The van der Waals surface area contributed by atoms with Gasteiger partial charge in [-0.2, -0.15) is 18.2 Å². The lowest BCUT2D eigenvalue weighted by atomic mass is 10.0. The Balaban J connectivity index is 1.39. The van der Waals surface area contributed by atoms with Crippen LogP contribution in [0, 0.1) is 0 Å². The van der Waals surface area contributed by atoms with Gasteiger partial charge >= 0.3 is 6.18 Å². The van der Waals surface area contributed by atoms with E-state index in [4.69, 9.17) is 4.84 Å². The zero-order valence-electron chi connectivity index (χ0n) is 19.2. The molecule has 11 heteroatoms. The third-order valence-corrected chi connectivity index (χ3v) is 6.23. The Morgan fingerprint density at radius 2 is 1.74 bits per heavy atom. The van der Waals surface area contributed by atoms with E-state index in [1.165, 1.54) is 5.06 Å². The van der Waals surface area contributed by atoms with E-state index in [0.29, 0.717) is 18.8 Å². The summed E-state index contributed by atoms with van der Waals surface area (Å²) in [6.45, 7) is 4.07. The van der Waals surface area contributed by atoms with E-state index in [1.54, 1.807) is 12.3 Å². The highest BCUT2D eigenvalue weighted by molar-refractivity contribution is 5.57. The van der Waals surface area contributed by atoms with Gasteiger partial charge in [0.2, 0.25) is 5.95 Å². The number of likely N-dealkylation sites (N-methyl/N-ethyl adjacent to an activating group) is 1. The highest BCUT2D eigenvalue weighted by Gasteiger charge is 2.40. The minimum absolute atomic E-state index is 0.00941. The molecule has 1 atom stereocenters. The van der Waals surface area contributed by atoms with Crippen LogP contribution in [-0.2, 0) is 11.0 Å². The summed E-state index contributed by atoms with van der Waals surface area (Å²) < 4.78 is 41.5. The molecule has 3 aromatic rings. The molecule has 0 amide bonds. The Morgan fingerprint density at radius 1 is 0.971 bits per heavy atom. The molecule has 2 fully saturated rings. The number of nitrogens with zero attached hydrogens (tertiary/aromatic N) is 6. The van der Waals surface area contributed by atoms with Gasteiger partial charge in [0.1, 0.15) is 11.4 Å². The van der Waals surface area contributed by atoms with Crippen LogP contribution in [0.4, 0.5) is 36.4 Å². The lowest BCUT2D eigenvalue weighted by Crippen LogP contribution is -2.44. The number of anilines is 4. The first-order valence-corrected chi connectivity index (χ1v) is 11.5. The fourth-order valence-corrected chi connectivity index (χ4v) is 4.28. The number of rotatable bonds is 5. The van der Waals surface area contributed by atoms with E-state index in [0.717, 1.165) is 43.6 Å². The van der Waals surface area contributed by atoms with E-state index in [-0.39, 0.29) is 17.8 Å². The molecule has 2 aliphatic rings. The lowest BCUT2D eigenvalue weighted by Gasteiger charge is -2.33. The summed E-state index contributed by atoms with van der Waals surface area (Å²) in [5.41, 5.74) is 0.894. The number of hydrogen-bond acceptors (Lipinski definition) is 8. The van der Waals surface area contributed by atoms with Crippen molar-refractivity contribution >= 4 is 23.3 Å². The largest absolute Gasteiger partial charge is 0.421 e. The van der Waals surface area contributed by atoms with Crippen LogP contribution in [0.3, 0.4) is 0 Å². The first-order valence-electron chi connectivity index (χ1n) is 11.5. The maximum atomic E-state index is 13.8. The molecule has 5 rings (SSSR count). The van der Waals surface area contributed by atoms with Crippen molar-refractivity contribution in [1.82, 2.24) is 19.9 Å². The molecule has 0 saturated carbocycles. The number of halogens is 3. The van der Waals surface area contributed by atoms with Crippen molar-refractivity contribution in [2.75, 3.05) is 55.1 Å². The molecule has 2 saturated heterocycles. The average molecular weight is 486 g/mol. The number of benzene rings is 1. The van der Waals surface area contributed by atoms with Crippen LogP contribution in [0.1, 0.15) is 23.6 Å². The molecule has 8 nitrogen and oxygen atoms in total. The summed E-state index contributed by atoms with van der Waals surface area (Å²) in [6.07, 6.45) is -1.56. The van der Waals surface area contributed by atoms with Crippen LogP contribution < -0.4 is 15.3 Å². The standard InChI is InChI=1S/C24H26F3N7O/c1-32-10-12-33(13-11-32)18-7-8-21(28-15-18)30-23-29-16-19(24(25,26)27)22(31-23)34-20(9-14-35-34)17-5-3-2-4-6-17/h2-8,15-16,20H,9-14H2,1H3,(H,28,29,30,31). The summed E-state index contributed by atoms with van der Waals surface area (Å²) >= 11 is 0. The van der Waals surface area contributed by atoms with Gasteiger partial charge < -0.3 is 15.1 Å². The van der Waals surface area contributed by atoms with Crippen LogP contribution in [0.2, 0.25) is 0 Å². The summed E-state index contributed by atoms with van der Waals surface area (Å²) in [7, 11) is 2.09. The smallest absolute Gasteiger partial charge is 0.368 e. The summed E-state index contributed by atoms with van der Waals surface area (Å²) in [4.78, 5) is 22.7. The number of hydroxylamine groups is 1. The van der Waals surface area contributed by atoms with E-state index in [1.807, 2.05) is 36.4 Å². The number of hydrogen-bond donors (Lipinski definition) is 1. The highest BCUT2D eigenvalue weighted by Crippen LogP contribution is 2.41. The number of pyridine rings is 1. The van der Waals surface area contributed by atoms with Gasteiger partial charge in [0.05, 0.1) is 24.5 Å². The molecule has 1 aromatic carbocycles. The van der Waals surface area contributed by atoms with Crippen LogP contribution in [0.25, 0.3) is 0 Å². The van der Waals surface area contributed by atoms with Crippen molar-refractivity contribution in [3.8, 4) is 0 Å². The summed E-state index contributed by atoms with van der Waals surface area (Å²) in [6, 6.07) is 12.6. The van der Waals surface area contributed by atoms with Crippen LogP contribution in [0.15, 0.2) is 54.9 Å². The molecule has 35 heavy (non-hydrogen) atoms. The Morgan fingerprint density at radius 3 is 2.43 bits per heavy atom. The van der Waals surface area contributed by atoms with Crippen LogP contribution in [0.5, 0.6) is 0 Å². The number of piperazine rings is 1. The minimum Gasteiger partial charge on any atom is -0.368 e. The summed E-state index contributed by atoms with van der Waals surface area (Å²) in [5.74, 6) is 0.126. The van der Waals surface area contributed by atoms with Crippen LogP contribution in [-0.4, -0.2) is 59.7 Å². The van der Waals surface area contributed by atoms with E-state index in [2.05, 4.69) is 37.1 Å². The monoisotopic (exact) mass is 485 g/mol. The third-order valence-electron chi connectivity index (χ3n) is 6.23. The van der Waals surface area contributed by atoms with E-state index < -0.39 is 11.7 Å². The van der Waals surface area contributed by atoms with Crippen molar-refractivity contribution in [3.63, 3.8) is 0 Å². The van der Waals surface area contributed by atoms with Gasteiger partial charge in [-0.3, -0.25) is 4.84 Å². The topological polar surface area (TPSA) is 69.7 Å². The van der Waals surface area contributed by atoms with Gasteiger partial charge in [0.25, 0.3) is 0 Å². The second kappa shape index (κ2) is 9.67. The predicted molar refractivity (Wildman–Crippen MR) is 126 cm³/mol. The highest BCUT2D eigenvalue weighted by atomic mass is 19.4. The third kappa shape index (κ3) is 5.15. The maximum absolute atomic E-state index is 13.8. The Labute approximate surface area is 201 Å². The van der Waals surface area contributed by atoms with Gasteiger partial charge in [0, 0.05) is 38.8 Å². The molecule has 2 aliphatic heterocycles. The molecule has 0 aliphatic carbocycles. The normalized spacial score (nSPS) is 19.3. The minimum atomic E-state index is -4.64. The molecule has 2 aromatic heterocycles. The fraction of sp³-hybridized carbons (Fsp3) is 0.375. The van der Waals surface area contributed by atoms with Gasteiger partial charge in [0.15, 0.2) is 5.82 Å². The predicted octanol–water partition coefficient (Wildman–Crippen LogP) is 4.27. The maximum Gasteiger partial charge on any atom is 0.421 e. The molecule has 0 radical (unpaired) electrons. The van der Waals surface area contributed by atoms with Gasteiger partial charge in [-0.15, -0.1) is 0 Å². The first-order chi connectivity index (χ1) is 16.9. The van der Waals surface area contributed by atoms with Crippen molar-refractivity contribution in [2.45, 2.75) is 18.6 Å². The fourth-order valence-electron chi connectivity index (χ4n) is 4.28. The number of aromatic nitrogens is 3. The molecule has 1 N–H and O–H groups in total. The SMILES string of the molecule is CN1CCN(c2ccc(Nc3ncc(C(F)(F)F)c(N4OCCC4c4ccccc4)n3)nc2)CC1. The zero-order chi connectivity index (χ0) is 24.4. The van der Waals surface area contributed by atoms with E-state index >= 15 is 0 Å². The first kappa shape index (κ1) is 23.3. The van der Waals surface area contributed by atoms with Gasteiger partial charge in [-0.05, 0) is 24.7 Å². The van der Waals surface area contributed by atoms with Crippen molar-refractivity contribution < 1.29 is 18.0 Å². The van der Waals surface area contributed by atoms with Crippen molar-refractivity contribution in [2.24, 2.45) is 0 Å². The molecule has 0 spiro atoms. The molecule has 184 valence electrons. The van der Waals surface area contributed by atoms with Gasteiger partial charge in [-0.25, -0.2) is 15.0 Å². The Bertz CT molecular complexity index is 1140. The van der Waals surface area contributed by atoms with Gasteiger partial charge in [-0.1, -0.05) is 30.3 Å². The average Bonchev–Trinajstić information content (AvgIpc) is 3.35. The van der Waals surface area contributed by atoms with E-state index in [9.17, 15) is 13.2 Å². The molecule has 0 bridgehead atoms. The second-order valence-corrected chi connectivity index (χ2v) is 8.62. The number of nitrogens with one attached hydrogen (secondary N) is 1. The lowest BCUT2D eigenvalue weighted by molar-refractivity contribution is -0.138. The Hall–Kier alpha value is -3.44. The van der Waals surface area contributed by atoms with Crippen LogP contribution >= 0.6 is 0 Å².